The molecule has 4 heteroatoms. The summed E-state index contributed by atoms with van der Waals surface area (Å²) in [6.07, 6.45) is 1.05. The summed E-state index contributed by atoms with van der Waals surface area (Å²) in [5, 5.41) is 0.958. The van der Waals surface area contributed by atoms with Gasteiger partial charge in [-0.15, -0.1) is 11.8 Å². The smallest absolute Gasteiger partial charge is 0.155 e. The fourth-order valence-electron chi connectivity index (χ4n) is 1.28. The van der Waals surface area contributed by atoms with Crippen LogP contribution in [0, 0.1) is 5.92 Å². The van der Waals surface area contributed by atoms with Gasteiger partial charge in [0, 0.05) is 5.75 Å². The van der Waals surface area contributed by atoms with E-state index in [1.807, 2.05) is 0 Å². The summed E-state index contributed by atoms with van der Waals surface area (Å²) in [6, 6.07) is -0.139. The lowest BCUT2D eigenvalue weighted by Crippen LogP contribution is -2.34. The Bertz CT molecular complexity index is 253. The van der Waals surface area contributed by atoms with Gasteiger partial charge in [-0.2, -0.15) is 0 Å². The van der Waals surface area contributed by atoms with Crippen molar-refractivity contribution in [2.24, 2.45) is 16.6 Å². The number of carbonyl (C=O) groups is 1. The maximum absolute atomic E-state index is 11.1. The molecule has 0 radical (unpaired) electrons. The molecular weight excluding hydrogens is 196 g/mol. The molecule has 0 fully saturated rings. The normalized spacial score (nSPS) is 25.7. The minimum atomic E-state index is -0.148. The second-order valence-electron chi connectivity index (χ2n) is 3.82. The SMILES string of the molecule is CCC(C)C(N)C1=N[C@H](C(C)=O)CS1. The largest absolute Gasteiger partial charge is 0.322 e. The standard InChI is InChI=1S/C10H18N2OS/c1-4-6(2)9(11)10-12-8(5-14-10)7(3)13/h6,8-9H,4-5,11H2,1-3H3/t6?,8-,9?/m0/s1. The Balaban J connectivity index is 2.62. The molecule has 0 aromatic rings. The van der Waals surface area contributed by atoms with E-state index in [0.29, 0.717) is 5.92 Å². The highest BCUT2D eigenvalue weighted by Gasteiger charge is 2.27. The van der Waals surface area contributed by atoms with Crippen LogP contribution in [-0.4, -0.2) is 28.7 Å². The first-order chi connectivity index (χ1) is 6.56. The van der Waals surface area contributed by atoms with Gasteiger partial charge in [0.2, 0.25) is 0 Å². The number of nitrogens with two attached hydrogens (primary N) is 1. The summed E-state index contributed by atoms with van der Waals surface area (Å²) in [5.74, 6) is 1.35. The van der Waals surface area contributed by atoms with Crippen LogP contribution in [0.1, 0.15) is 27.2 Å². The van der Waals surface area contributed by atoms with Crippen LogP contribution in [0.5, 0.6) is 0 Å². The van der Waals surface area contributed by atoms with Crippen LogP contribution >= 0.6 is 11.8 Å². The molecule has 1 aliphatic rings. The van der Waals surface area contributed by atoms with Gasteiger partial charge < -0.3 is 5.73 Å². The van der Waals surface area contributed by atoms with Crippen molar-refractivity contribution >= 4 is 22.6 Å². The highest BCUT2D eigenvalue weighted by molar-refractivity contribution is 8.14. The Kier molecular flexibility index (Phi) is 4.13. The van der Waals surface area contributed by atoms with Crippen LogP contribution < -0.4 is 5.73 Å². The van der Waals surface area contributed by atoms with Gasteiger partial charge in [0.05, 0.1) is 11.1 Å². The minimum absolute atomic E-state index is 0.00866. The van der Waals surface area contributed by atoms with Crippen molar-refractivity contribution in [1.82, 2.24) is 0 Å². The molecule has 3 atom stereocenters. The van der Waals surface area contributed by atoms with Crippen LogP contribution in [0.25, 0.3) is 0 Å². The first-order valence-electron chi connectivity index (χ1n) is 5.02. The number of aliphatic imine (C=N–C) groups is 1. The molecule has 0 aromatic carbocycles. The number of thioether (sulfide) groups is 1. The fraction of sp³-hybridized carbons (Fsp3) is 0.800. The number of hydrogen-bond acceptors (Lipinski definition) is 4. The number of ketones is 1. The van der Waals surface area contributed by atoms with E-state index in [1.165, 1.54) is 0 Å². The van der Waals surface area contributed by atoms with E-state index in [9.17, 15) is 4.79 Å². The van der Waals surface area contributed by atoms with Gasteiger partial charge in [-0.3, -0.25) is 9.79 Å². The number of hydrogen-bond donors (Lipinski definition) is 1. The van der Waals surface area contributed by atoms with Crippen LogP contribution in [-0.2, 0) is 4.79 Å². The van der Waals surface area contributed by atoms with E-state index in [1.54, 1.807) is 18.7 Å². The van der Waals surface area contributed by atoms with E-state index in [4.69, 9.17) is 5.73 Å². The van der Waals surface area contributed by atoms with Gasteiger partial charge in [0.1, 0.15) is 6.04 Å². The Morgan fingerprint density at radius 2 is 2.43 bits per heavy atom. The molecule has 0 aliphatic carbocycles. The maximum atomic E-state index is 11.1. The Hall–Kier alpha value is -0.350. The van der Waals surface area contributed by atoms with Crippen LogP contribution in [0.3, 0.4) is 0 Å². The van der Waals surface area contributed by atoms with E-state index in [2.05, 4.69) is 18.8 Å². The van der Waals surface area contributed by atoms with E-state index >= 15 is 0 Å². The summed E-state index contributed by atoms with van der Waals surface area (Å²) in [4.78, 5) is 15.5. The highest BCUT2D eigenvalue weighted by atomic mass is 32.2. The van der Waals surface area contributed by atoms with Crippen molar-refractivity contribution in [2.75, 3.05) is 5.75 Å². The van der Waals surface area contributed by atoms with Gasteiger partial charge >= 0.3 is 0 Å². The summed E-state index contributed by atoms with van der Waals surface area (Å²) >= 11 is 1.63. The third kappa shape index (κ3) is 2.58. The second-order valence-corrected chi connectivity index (χ2v) is 4.86. The molecule has 14 heavy (non-hydrogen) atoms. The average molecular weight is 214 g/mol. The van der Waals surface area contributed by atoms with Gasteiger partial charge in [-0.25, -0.2) is 0 Å². The van der Waals surface area contributed by atoms with Crippen molar-refractivity contribution in [3.05, 3.63) is 0 Å². The highest BCUT2D eigenvalue weighted by Crippen LogP contribution is 2.23. The summed E-state index contributed by atoms with van der Waals surface area (Å²) < 4.78 is 0. The van der Waals surface area contributed by atoms with Crippen molar-refractivity contribution in [2.45, 2.75) is 39.3 Å². The molecule has 80 valence electrons. The first kappa shape index (κ1) is 11.7. The van der Waals surface area contributed by atoms with Crippen molar-refractivity contribution in [3.63, 3.8) is 0 Å². The lowest BCUT2D eigenvalue weighted by Gasteiger charge is -2.17. The van der Waals surface area contributed by atoms with Gasteiger partial charge in [0.15, 0.2) is 5.78 Å². The molecule has 1 rings (SSSR count). The molecule has 0 amide bonds. The number of rotatable bonds is 4. The third-order valence-corrected chi connectivity index (χ3v) is 3.84. The maximum Gasteiger partial charge on any atom is 0.155 e. The Morgan fingerprint density at radius 3 is 2.86 bits per heavy atom. The van der Waals surface area contributed by atoms with Crippen molar-refractivity contribution in [1.29, 1.82) is 0 Å². The van der Waals surface area contributed by atoms with Crippen molar-refractivity contribution in [3.8, 4) is 0 Å². The zero-order valence-corrected chi connectivity index (χ0v) is 9.80. The van der Waals surface area contributed by atoms with E-state index < -0.39 is 0 Å². The summed E-state index contributed by atoms with van der Waals surface area (Å²) in [5.41, 5.74) is 6.03. The van der Waals surface area contributed by atoms with Gasteiger partial charge in [-0.05, 0) is 12.8 Å². The average Bonchev–Trinajstić information content (AvgIpc) is 2.64. The summed E-state index contributed by atoms with van der Waals surface area (Å²) in [7, 11) is 0. The predicted molar refractivity (Wildman–Crippen MR) is 61.8 cm³/mol. The molecular formula is C10H18N2OS. The van der Waals surface area contributed by atoms with Crippen LogP contribution in [0.2, 0.25) is 0 Å². The van der Waals surface area contributed by atoms with Crippen molar-refractivity contribution < 1.29 is 4.79 Å². The molecule has 3 nitrogen and oxygen atoms in total. The molecule has 0 spiro atoms. The monoisotopic (exact) mass is 214 g/mol. The zero-order valence-electron chi connectivity index (χ0n) is 8.99. The predicted octanol–water partition coefficient (Wildman–Crippen LogP) is 1.46. The number of nitrogens with zero attached hydrogens (tertiary/aromatic N) is 1. The number of carbonyl (C=O) groups excluding carboxylic acids is 1. The molecule has 0 saturated heterocycles. The zero-order chi connectivity index (χ0) is 10.7. The molecule has 2 unspecified atom stereocenters. The lowest BCUT2D eigenvalue weighted by atomic mass is 10.0. The van der Waals surface area contributed by atoms with E-state index in [-0.39, 0.29) is 17.9 Å². The molecule has 0 bridgehead atoms. The minimum Gasteiger partial charge on any atom is -0.322 e. The number of Topliss-reactive ketones (excluding diaryl/α,β-unsaturated/α-hetero) is 1. The molecule has 2 N–H and O–H groups in total. The second kappa shape index (κ2) is 4.94. The van der Waals surface area contributed by atoms with E-state index in [0.717, 1.165) is 17.2 Å². The molecule has 0 aromatic heterocycles. The third-order valence-electron chi connectivity index (χ3n) is 2.68. The molecule has 0 saturated carbocycles. The Labute approximate surface area is 89.5 Å². The lowest BCUT2D eigenvalue weighted by molar-refractivity contribution is -0.117. The Morgan fingerprint density at radius 1 is 1.79 bits per heavy atom. The van der Waals surface area contributed by atoms with Gasteiger partial charge in [-0.1, -0.05) is 20.3 Å². The first-order valence-corrected chi connectivity index (χ1v) is 6.01. The van der Waals surface area contributed by atoms with Gasteiger partial charge in [0.25, 0.3) is 0 Å². The molecule has 1 aliphatic heterocycles. The quantitative estimate of drug-likeness (QED) is 0.771. The topological polar surface area (TPSA) is 55.4 Å². The van der Waals surface area contributed by atoms with Crippen LogP contribution in [0.4, 0.5) is 0 Å². The molecule has 1 heterocycles. The fourth-order valence-corrected chi connectivity index (χ4v) is 2.54. The van der Waals surface area contributed by atoms with Crippen LogP contribution in [0.15, 0.2) is 4.99 Å². The summed E-state index contributed by atoms with van der Waals surface area (Å²) in [6.45, 7) is 5.83.